The van der Waals surface area contributed by atoms with Gasteiger partial charge < -0.3 is 9.57 Å². The van der Waals surface area contributed by atoms with Gasteiger partial charge in [-0.25, -0.2) is 0 Å². The van der Waals surface area contributed by atoms with Gasteiger partial charge in [-0.05, 0) is 53.6 Å². The van der Waals surface area contributed by atoms with Crippen molar-refractivity contribution in [2.45, 2.75) is 13.2 Å². The maximum Gasteiger partial charge on any atom is 0.269 e. The maximum atomic E-state index is 10.7. The highest BCUT2D eigenvalue weighted by Crippen LogP contribution is 2.16. The van der Waals surface area contributed by atoms with Crippen LogP contribution in [-0.2, 0) is 18.1 Å². The Morgan fingerprint density at radius 1 is 1.00 bits per heavy atom. The van der Waals surface area contributed by atoms with E-state index in [9.17, 15) is 10.1 Å². The summed E-state index contributed by atoms with van der Waals surface area (Å²) in [6.07, 6.45) is 1.58. The largest absolute Gasteiger partial charge is 0.489 e. The topological polar surface area (TPSA) is 97.8 Å². The summed E-state index contributed by atoms with van der Waals surface area (Å²) < 4.78 is 5.68. The van der Waals surface area contributed by atoms with Gasteiger partial charge in [-0.3, -0.25) is 10.1 Å². The zero-order valence-corrected chi connectivity index (χ0v) is 15.4. The van der Waals surface area contributed by atoms with Crippen LogP contribution in [0, 0.1) is 21.4 Å². The quantitative estimate of drug-likeness (QED) is 0.320. The zero-order valence-electron chi connectivity index (χ0n) is 15.4. The van der Waals surface area contributed by atoms with E-state index >= 15 is 0 Å². The number of hydrogen-bond donors (Lipinski definition) is 0. The first kappa shape index (κ1) is 19.6. The number of non-ortho nitro benzene ring substituents is 1. The second kappa shape index (κ2) is 9.67. The second-order valence-electron chi connectivity index (χ2n) is 6.06. The molecule has 0 aromatic heterocycles. The molecule has 0 spiro atoms. The van der Waals surface area contributed by atoms with Gasteiger partial charge in [0.1, 0.15) is 19.0 Å². The number of benzene rings is 3. The van der Waals surface area contributed by atoms with Crippen molar-refractivity contribution >= 4 is 11.9 Å². The van der Waals surface area contributed by atoms with Crippen LogP contribution in [0.1, 0.15) is 22.3 Å². The molecule has 144 valence electrons. The average Bonchev–Trinajstić information content (AvgIpc) is 2.76. The fourth-order valence-electron chi connectivity index (χ4n) is 2.49. The number of nitro benzene ring substituents is 1. The minimum absolute atomic E-state index is 0.0516. The van der Waals surface area contributed by atoms with Crippen LogP contribution < -0.4 is 4.74 Å². The van der Waals surface area contributed by atoms with E-state index in [0.29, 0.717) is 17.9 Å². The minimum atomic E-state index is -0.434. The highest BCUT2D eigenvalue weighted by molar-refractivity contribution is 5.79. The van der Waals surface area contributed by atoms with Gasteiger partial charge in [0.05, 0.1) is 22.8 Å². The summed E-state index contributed by atoms with van der Waals surface area (Å²) in [4.78, 5) is 15.5. The van der Waals surface area contributed by atoms with E-state index < -0.39 is 4.92 Å². The molecule has 0 aliphatic rings. The Hall–Kier alpha value is -4.18. The molecule has 0 heterocycles. The van der Waals surface area contributed by atoms with Gasteiger partial charge in [0.25, 0.3) is 5.69 Å². The molecule has 0 radical (unpaired) electrons. The van der Waals surface area contributed by atoms with Gasteiger partial charge >= 0.3 is 0 Å². The minimum Gasteiger partial charge on any atom is -0.489 e. The van der Waals surface area contributed by atoms with Gasteiger partial charge in [0.15, 0.2) is 0 Å². The van der Waals surface area contributed by atoms with Crippen molar-refractivity contribution in [3.05, 3.63) is 105 Å². The first-order valence-corrected chi connectivity index (χ1v) is 8.75. The smallest absolute Gasteiger partial charge is 0.269 e. The molecule has 0 fully saturated rings. The number of nitriles is 1. The molecule has 0 atom stereocenters. The molecule has 29 heavy (non-hydrogen) atoms. The number of rotatable bonds is 8. The lowest BCUT2D eigenvalue weighted by Gasteiger charge is -2.06. The second-order valence-corrected chi connectivity index (χ2v) is 6.06. The molecule has 0 saturated carbocycles. The van der Waals surface area contributed by atoms with Crippen molar-refractivity contribution in [3.8, 4) is 11.8 Å². The van der Waals surface area contributed by atoms with Crippen LogP contribution in [0.3, 0.4) is 0 Å². The van der Waals surface area contributed by atoms with Crippen LogP contribution in [0.5, 0.6) is 5.75 Å². The van der Waals surface area contributed by atoms with Crippen molar-refractivity contribution in [2.24, 2.45) is 5.16 Å². The Bertz CT molecular complexity index is 1040. The SMILES string of the molecule is N#Cc1ccccc1CO/N=C\c1ccc(OCc2ccc([N+](=O)[O-])cc2)cc1. The fourth-order valence-corrected chi connectivity index (χ4v) is 2.49. The average molecular weight is 387 g/mol. The van der Waals surface area contributed by atoms with Crippen LogP contribution in [0.25, 0.3) is 0 Å². The van der Waals surface area contributed by atoms with Crippen molar-refractivity contribution in [2.75, 3.05) is 0 Å². The van der Waals surface area contributed by atoms with Crippen LogP contribution in [-0.4, -0.2) is 11.1 Å². The summed E-state index contributed by atoms with van der Waals surface area (Å²) in [7, 11) is 0. The molecule has 3 aromatic carbocycles. The summed E-state index contributed by atoms with van der Waals surface area (Å²) in [6, 6.07) is 22.8. The van der Waals surface area contributed by atoms with Crippen molar-refractivity contribution in [1.82, 2.24) is 0 Å². The van der Waals surface area contributed by atoms with Crippen molar-refractivity contribution in [1.29, 1.82) is 5.26 Å². The van der Waals surface area contributed by atoms with Crippen LogP contribution in [0.15, 0.2) is 78.0 Å². The third-order valence-electron chi connectivity index (χ3n) is 4.07. The Labute approximate surface area is 167 Å². The Morgan fingerprint density at radius 2 is 1.72 bits per heavy atom. The van der Waals surface area contributed by atoms with Crippen molar-refractivity contribution in [3.63, 3.8) is 0 Å². The maximum absolute atomic E-state index is 10.7. The lowest BCUT2D eigenvalue weighted by atomic mass is 10.1. The van der Waals surface area contributed by atoms with Gasteiger partial charge in [0.2, 0.25) is 0 Å². The predicted octanol–water partition coefficient (Wildman–Crippen LogP) is 4.60. The molecular formula is C22H17N3O4. The van der Waals surface area contributed by atoms with E-state index in [-0.39, 0.29) is 12.3 Å². The van der Waals surface area contributed by atoms with Gasteiger partial charge in [-0.1, -0.05) is 23.4 Å². The standard InChI is InChI=1S/C22H17N3O4/c23-13-19-3-1-2-4-20(19)16-29-24-14-17-7-11-22(12-8-17)28-15-18-5-9-21(10-6-18)25(26)27/h1-12,14H,15-16H2/b24-14-. The molecule has 3 aromatic rings. The highest BCUT2D eigenvalue weighted by Gasteiger charge is 2.04. The monoisotopic (exact) mass is 387 g/mol. The predicted molar refractivity (Wildman–Crippen MR) is 107 cm³/mol. The van der Waals surface area contributed by atoms with Crippen molar-refractivity contribution < 1.29 is 14.5 Å². The van der Waals surface area contributed by atoms with E-state index in [1.807, 2.05) is 24.3 Å². The summed E-state index contributed by atoms with van der Waals surface area (Å²) in [5, 5.41) is 23.6. The van der Waals surface area contributed by atoms with Crippen LogP contribution >= 0.6 is 0 Å². The molecular weight excluding hydrogens is 370 g/mol. The van der Waals surface area contributed by atoms with E-state index in [2.05, 4.69) is 11.2 Å². The Morgan fingerprint density at radius 3 is 2.41 bits per heavy atom. The summed E-state index contributed by atoms with van der Waals surface area (Å²) in [5.74, 6) is 0.671. The molecule has 3 rings (SSSR count). The first-order chi connectivity index (χ1) is 14.2. The third-order valence-corrected chi connectivity index (χ3v) is 4.07. The molecule has 0 bridgehead atoms. The summed E-state index contributed by atoms with van der Waals surface area (Å²) in [6.45, 7) is 0.531. The van der Waals surface area contributed by atoms with Crippen LogP contribution in [0.4, 0.5) is 5.69 Å². The number of nitro groups is 1. The lowest BCUT2D eigenvalue weighted by molar-refractivity contribution is -0.384. The van der Waals surface area contributed by atoms with Gasteiger partial charge in [0, 0.05) is 17.7 Å². The summed E-state index contributed by atoms with van der Waals surface area (Å²) >= 11 is 0. The molecule has 0 unspecified atom stereocenters. The number of oxime groups is 1. The molecule has 0 saturated heterocycles. The third kappa shape index (κ3) is 5.65. The highest BCUT2D eigenvalue weighted by atomic mass is 16.6. The van der Waals surface area contributed by atoms with Gasteiger partial charge in [-0.15, -0.1) is 0 Å². The first-order valence-electron chi connectivity index (χ1n) is 8.75. The van der Waals surface area contributed by atoms with E-state index in [0.717, 1.165) is 16.7 Å². The van der Waals surface area contributed by atoms with E-state index in [1.54, 1.807) is 42.6 Å². The number of hydrogen-bond acceptors (Lipinski definition) is 6. The normalized spacial score (nSPS) is 10.4. The lowest BCUT2D eigenvalue weighted by Crippen LogP contribution is -1.96. The Kier molecular flexibility index (Phi) is 6.53. The number of ether oxygens (including phenoxy) is 1. The number of nitrogens with zero attached hydrogens (tertiary/aromatic N) is 3. The summed E-state index contributed by atoms with van der Waals surface area (Å²) in [5.41, 5.74) is 3.07. The molecule has 7 nitrogen and oxygen atoms in total. The molecule has 0 aliphatic heterocycles. The Balaban J connectivity index is 1.49. The zero-order chi connectivity index (χ0) is 20.5. The van der Waals surface area contributed by atoms with E-state index in [4.69, 9.17) is 14.8 Å². The molecule has 0 N–H and O–H groups in total. The van der Waals surface area contributed by atoms with E-state index in [1.165, 1.54) is 12.1 Å². The fraction of sp³-hybridized carbons (Fsp3) is 0.0909. The molecule has 0 aliphatic carbocycles. The molecule has 0 amide bonds. The van der Waals surface area contributed by atoms with Crippen LogP contribution in [0.2, 0.25) is 0 Å². The van der Waals surface area contributed by atoms with Gasteiger partial charge in [-0.2, -0.15) is 5.26 Å². The molecule has 7 heteroatoms.